The van der Waals surface area contributed by atoms with Crippen molar-refractivity contribution in [3.8, 4) is 0 Å². The Morgan fingerprint density at radius 1 is 1.11 bits per heavy atom. The standard InChI is InChI=1S/C21H24ClN3O2S/c1-13-11-18(24-20(26)14-5-6-14)28-19(13)21(27)23-16-12-15(22)7-8-17(16)25-9-3-2-4-10-25/h7-8,11-12,14H,2-6,9-10H2,1H3,(H,23,27)(H,24,26). The van der Waals surface area contributed by atoms with Gasteiger partial charge in [0, 0.05) is 24.0 Å². The van der Waals surface area contributed by atoms with Crippen molar-refractivity contribution < 1.29 is 9.59 Å². The fourth-order valence-electron chi connectivity index (χ4n) is 3.54. The maximum absolute atomic E-state index is 13.0. The van der Waals surface area contributed by atoms with Crippen LogP contribution in [0.2, 0.25) is 5.02 Å². The number of anilines is 3. The number of nitrogens with one attached hydrogen (secondary N) is 2. The molecule has 1 aliphatic carbocycles. The van der Waals surface area contributed by atoms with Gasteiger partial charge in [-0.05, 0) is 68.9 Å². The zero-order chi connectivity index (χ0) is 19.7. The van der Waals surface area contributed by atoms with Crippen molar-refractivity contribution in [2.45, 2.75) is 39.0 Å². The Labute approximate surface area is 174 Å². The molecule has 2 aromatic rings. The molecule has 1 aromatic heterocycles. The van der Waals surface area contributed by atoms with Gasteiger partial charge in [-0.3, -0.25) is 9.59 Å². The molecule has 148 valence electrons. The van der Waals surface area contributed by atoms with Crippen molar-refractivity contribution in [3.05, 3.63) is 39.7 Å². The predicted octanol–water partition coefficient (Wildman–Crippen LogP) is 5.30. The van der Waals surface area contributed by atoms with E-state index in [0.29, 0.717) is 9.90 Å². The number of halogens is 1. The SMILES string of the molecule is Cc1cc(NC(=O)C2CC2)sc1C(=O)Nc1cc(Cl)ccc1N1CCCCC1. The molecule has 1 saturated heterocycles. The lowest BCUT2D eigenvalue weighted by molar-refractivity contribution is -0.117. The van der Waals surface area contributed by atoms with Crippen LogP contribution in [0.3, 0.4) is 0 Å². The Morgan fingerprint density at radius 3 is 2.57 bits per heavy atom. The van der Waals surface area contributed by atoms with E-state index in [-0.39, 0.29) is 17.7 Å². The molecule has 1 saturated carbocycles. The summed E-state index contributed by atoms with van der Waals surface area (Å²) in [6.07, 6.45) is 5.47. The fourth-order valence-corrected chi connectivity index (χ4v) is 4.68. The molecule has 2 heterocycles. The number of piperidine rings is 1. The second-order valence-corrected chi connectivity index (χ2v) is 9.04. The lowest BCUT2D eigenvalue weighted by Gasteiger charge is -2.30. The molecule has 4 rings (SSSR count). The third kappa shape index (κ3) is 4.33. The Bertz CT molecular complexity index is 901. The molecule has 0 radical (unpaired) electrons. The number of rotatable bonds is 5. The van der Waals surface area contributed by atoms with E-state index in [1.54, 1.807) is 0 Å². The minimum atomic E-state index is -0.171. The number of carbonyl (C=O) groups excluding carboxylic acids is 2. The van der Waals surface area contributed by atoms with Crippen molar-refractivity contribution in [1.82, 2.24) is 0 Å². The lowest BCUT2D eigenvalue weighted by Crippen LogP contribution is -2.30. The van der Waals surface area contributed by atoms with E-state index < -0.39 is 0 Å². The van der Waals surface area contributed by atoms with E-state index in [1.807, 2.05) is 31.2 Å². The van der Waals surface area contributed by atoms with Gasteiger partial charge in [0.25, 0.3) is 5.91 Å². The summed E-state index contributed by atoms with van der Waals surface area (Å²) in [5.74, 6) is 0.0172. The minimum absolute atomic E-state index is 0.0513. The zero-order valence-electron chi connectivity index (χ0n) is 15.9. The van der Waals surface area contributed by atoms with Crippen LogP contribution in [0.4, 0.5) is 16.4 Å². The molecule has 0 atom stereocenters. The zero-order valence-corrected chi connectivity index (χ0v) is 17.5. The van der Waals surface area contributed by atoms with Crippen LogP contribution in [0.15, 0.2) is 24.3 Å². The van der Waals surface area contributed by atoms with Crippen molar-refractivity contribution in [3.63, 3.8) is 0 Å². The van der Waals surface area contributed by atoms with Crippen molar-refractivity contribution >= 4 is 51.1 Å². The number of hydrogen-bond acceptors (Lipinski definition) is 4. The molecule has 1 aliphatic heterocycles. The molecule has 7 heteroatoms. The van der Waals surface area contributed by atoms with Crippen molar-refractivity contribution in [2.24, 2.45) is 5.92 Å². The maximum atomic E-state index is 13.0. The normalized spacial score (nSPS) is 16.7. The predicted molar refractivity (Wildman–Crippen MR) is 116 cm³/mol. The topological polar surface area (TPSA) is 61.4 Å². The first-order valence-corrected chi connectivity index (χ1v) is 11.0. The molecular formula is C21H24ClN3O2S. The fraction of sp³-hybridized carbons (Fsp3) is 0.429. The molecule has 0 unspecified atom stereocenters. The van der Waals surface area contributed by atoms with Crippen LogP contribution in [-0.2, 0) is 4.79 Å². The van der Waals surface area contributed by atoms with Crippen LogP contribution in [0.5, 0.6) is 0 Å². The van der Waals surface area contributed by atoms with Gasteiger partial charge in [-0.2, -0.15) is 0 Å². The van der Waals surface area contributed by atoms with Gasteiger partial charge in [0.05, 0.1) is 21.3 Å². The van der Waals surface area contributed by atoms with Gasteiger partial charge in [0.15, 0.2) is 0 Å². The monoisotopic (exact) mass is 417 g/mol. The lowest BCUT2D eigenvalue weighted by atomic mass is 10.1. The van der Waals surface area contributed by atoms with Crippen LogP contribution in [0.1, 0.15) is 47.3 Å². The largest absolute Gasteiger partial charge is 0.370 e. The summed E-state index contributed by atoms with van der Waals surface area (Å²) >= 11 is 7.51. The maximum Gasteiger partial charge on any atom is 0.266 e. The van der Waals surface area contributed by atoms with Gasteiger partial charge >= 0.3 is 0 Å². The summed E-state index contributed by atoms with van der Waals surface area (Å²) in [7, 11) is 0. The highest BCUT2D eigenvalue weighted by atomic mass is 35.5. The highest BCUT2D eigenvalue weighted by molar-refractivity contribution is 7.18. The first-order valence-electron chi connectivity index (χ1n) is 9.78. The van der Waals surface area contributed by atoms with Gasteiger partial charge in [0.2, 0.25) is 5.91 Å². The summed E-state index contributed by atoms with van der Waals surface area (Å²) in [4.78, 5) is 27.9. The number of nitrogens with zero attached hydrogens (tertiary/aromatic N) is 1. The summed E-state index contributed by atoms with van der Waals surface area (Å²) in [6, 6.07) is 7.51. The molecule has 2 amide bonds. The first-order chi connectivity index (χ1) is 13.5. The Hall–Kier alpha value is -2.05. The van der Waals surface area contributed by atoms with Crippen LogP contribution in [0, 0.1) is 12.8 Å². The van der Waals surface area contributed by atoms with Gasteiger partial charge in [-0.25, -0.2) is 0 Å². The van der Waals surface area contributed by atoms with E-state index in [1.165, 1.54) is 17.8 Å². The Kier molecular flexibility index (Phi) is 5.60. The number of amides is 2. The van der Waals surface area contributed by atoms with E-state index in [9.17, 15) is 9.59 Å². The number of benzene rings is 1. The number of carbonyl (C=O) groups is 2. The van der Waals surface area contributed by atoms with Gasteiger partial charge < -0.3 is 15.5 Å². The van der Waals surface area contributed by atoms with E-state index in [2.05, 4.69) is 15.5 Å². The molecule has 5 nitrogen and oxygen atoms in total. The Balaban J connectivity index is 1.52. The third-order valence-electron chi connectivity index (χ3n) is 5.22. The summed E-state index contributed by atoms with van der Waals surface area (Å²) < 4.78 is 0. The van der Waals surface area contributed by atoms with Gasteiger partial charge in [-0.1, -0.05) is 11.6 Å². The van der Waals surface area contributed by atoms with Crippen LogP contribution >= 0.6 is 22.9 Å². The van der Waals surface area contributed by atoms with Gasteiger partial charge in [-0.15, -0.1) is 11.3 Å². The second-order valence-electron chi connectivity index (χ2n) is 7.55. The van der Waals surface area contributed by atoms with Crippen LogP contribution in [0.25, 0.3) is 0 Å². The molecule has 0 bridgehead atoms. The van der Waals surface area contributed by atoms with E-state index in [0.717, 1.165) is 60.7 Å². The van der Waals surface area contributed by atoms with Crippen molar-refractivity contribution in [1.29, 1.82) is 0 Å². The van der Waals surface area contributed by atoms with E-state index >= 15 is 0 Å². The molecule has 1 aromatic carbocycles. The molecule has 2 fully saturated rings. The van der Waals surface area contributed by atoms with Crippen LogP contribution < -0.4 is 15.5 Å². The number of hydrogen-bond donors (Lipinski definition) is 2. The summed E-state index contributed by atoms with van der Waals surface area (Å²) in [5.41, 5.74) is 2.60. The molecule has 2 aliphatic rings. The minimum Gasteiger partial charge on any atom is -0.370 e. The summed E-state index contributed by atoms with van der Waals surface area (Å²) in [6.45, 7) is 3.86. The number of aryl methyl sites for hydroxylation is 1. The second kappa shape index (κ2) is 8.13. The summed E-state index contributed by atoms with van der Waals surface area (Å²) in [5, 5.41) is 7.28. The first kappa shape index (κ1) is 19.3. The average Bonchev–Trinajstić information content (AvgIpc) is 3.46. The third-order valence-corrected chi connectivity index (χ3v) is 6.61. The highest BCUT2D eigenvalue weighted by Gasteiger charge is 2.30. The van der Waals surface area contributed by atoms with Crippen LogP contribution in [-0.4, -0.2) is 24.9 Å². The molecular weight excluding hydrogens is 394 g/mol. The van der Waals surface area contributed by atoms with Gasteiger partial charge in [0.1, 0.15) is 0 Å². The molecule has 2 N–H and O–H groups in total. The highest BCUT2D eigenvalue weighted by Crippen LogP contribution is 2.35. The molecule has 28 heavy (non-hydrogen) atoms. The smallest absolute Gasteiger partial charge is 0.266 e. The molecule has 0 spiro atoms. The Morgan fingerprint density at radius 2 is 1.86 bits per heavy atom. The van der Waals surface area contributed by atoms with Crippen molar-refractivity contribution in [2.75, 3.05) is 28.6 Å². The van der Waals surface area contributed by atoms with E-state index in [4.69, 9.17) is 11.6 Å². The average molecular weight is 418 g/mol. The number of thiophene rings is 1. The quantitative estimate of drug-likeness (QED) is 0.693.